The molecule has 1 aromatic rings. The monoisotopic (exact) mass is 278 g/mol. The zero-order valence-electron chi connectivity index (χ0n) is 12.8. The van der Waals surface area contributed by atoms with Crippen LogP contribution in [0, 0.1) is 0 Å². The normalized spacial score (nSPS) is 18.9. The van der Waals surface area contributed by atoms with Gasteiger partial charge in [-0.1, -0.05) is 20.8 Å². The zero-order valence-corrected chi connectivity index (χ0v) is 12.8. The molecule has 0 spiro atoms. The molecule has 0 radical (unpaired) electrons. The molecule has 1 unspecified atom stereocenters. The van der Waals surface area contributed by atoms with Gasteiger partial charge in [0.05, 0.1) is 0 Å². The summed E-state index contributed by atoms with van der Waals surface area (Å²) in [5, 5.41) is 0. The van der Waals surface area contributed by atoms with Gasteiger partial charge in [0, 0.05) is 24.7 Å². The summed E-state index contributed by atoms with van der Waals surface area (Å²) in [5.74, 6) is 7.32. The number of hydrazine groups is 1. The first-order valence-corrected chi connectivity index (χ1v) is 7.54. The van der Waals surface area contributed by atoms with Crippen LogP contribution in [0.15, 0.2) is 6.33 Å². The number of rotatable bonds is 6. The maximum absolute atomic E-state index is 5.55. The predicted octanol–water partition coefficient (Wildman–Crippen LogP) is 1.25. The highest BCUT2D eigenvalue weighted by atomic mass is 15.3. The van der Waals surface area contributed by atoms with Crippen molar-refractivity contribution in [1.82, 2.24) is 14.9 Å². The third kappa shape index (κ3) is 2.86. The molecule has 1 saturated heterocycles. The molecule has 0 saturated carbocycles. The third-order valence-electron chi connectivity index (χ3n) is 4.20. The summed E-state index contributed by atoms with van der Waals surface area (Å²) >= 11 is 0. The lowest BCUT2D eigenvalue weighted by atomic mass is 10.2. The average Bonchev–Trinajstić information content (AvgIpc) is 2.97. The summed E-state index contributed by atoms with van der Waals surface area (Å²) in [4.78, 5) is 13.6. The van der Waals surface area contributed by atoms with E-state index in [1.54, 1.807) is 6.33 Å². The van der Waals surface area contributed by atoms with Crippen molar-refractivity contribution in [3.8, 4) is 0 Å². The van der Waals surface area contributed by atoms with E-state index in [-0.39, 0.29) is 0 Å². The number of likely N-dealkylation sites (N-methyl/N-ethyl adjacent to an activating group) is 1. The van der Waals surface area contributed by atoms with Gasteiger partial charge in [0.1, 0.15) is 18.0 Å². The Morgan fingerprint density at radius 3 is 2.70 bits per heavy atom. The fourth-order valence-electron chi connectivity index (χ4n) is 3.10. The van der Waals surface area contributed by atoms with Gasteiger partial charge in [-0.05, 0) is 25.9 Å². The van der Waals surface area contributed by atoms with Crippen LogP contribution in [0.2, 0.25) is 0 Å². The molecule has 0 bridgehead atoms. The quantitative estimate of drug-likeness (QED) is 0.603. The SMILES string of the molecule is CCc1c(NN)ncnc1N1CCC(N(CC)CC)C1. The van der Waals surface area contributed by atoms with Crippen LogP contribution in [-0.2, 0) is 6.42 Å². The molecular weight excluding hydrogens is 252 g/mol. The number of hydrogen-bond donors (Lipinski definition) is 2. The average molecular weight is 278 g/mol. The van der Waals surface area contributed by atoms with Crippen molar-refractivity contribution in [2.45, 2.75) is 39.7 Å². The van der Waals surface area contributed by atoms with Gasteiger partial charge in [-0.3, -0.25) is 4.90 Å². The Morgan fingerprint density at radius 2 is 2.10 bits per heavy atom. The first-order valence-electron chi connectivity index (χ1n) is 7.54. The van der Waals surface area contributed by atoms with Crippen LogP contribution in [0.25, 0.3) is 0 Å². The van der Waals surface area contributed by atoms with E-state index in [2.05, 4.69) is 46.0 Å². The molecule has 0 aliphatic carbocycles. The Kier molecular flexibility index (Phi) is 5.14. The van der Waals surface area contributed by atoms with Crippen LogP contribution in [0.3, 0.4) is 0 Å². The minimum absolute atomic E-state index is 0.624. The Morgan fingerprint density at radius 1 is 1.35 bits per heavy atom. The molecule has 6 heteroatoms. The van der Waals surface area contributed by atoms with Crippen molar-refractivity contribution in [1.29, 1.82) is 0 Å². The Hall–Kier alpha value is -1.40. The van der Waals surface area contributed by atoms with E-state index >= 15 is 0 Å². The maximum atomic E-state index is 5.55. The lowest BCUT2D eigenvalue weighted by Crippen LogP contribution is -2.37. The number of hydrogen-bond acceptors (Lipinski definition) is 6. The van der Waals surface area contributed by atoms with Crippen LogP contribution >= 0.6 is 0 Å². The summed E-state index contributed by atoms with van der Waals surface area (Å²) in [5.41, 5.74) is 3.79. The predicted molar refractivity (Wildman–Crippen MR) is 82.8 cm³/mol. The number of nitrogens with one attached hydrogen (secondary N) is 1. The molecule has 20 heavy (non-hydrogen) atoms. The van der Waals surface area contributed by atoms with Crippen LogP contribution in [0.4, 0.5) is 11.6 Å². The summed E-state index contributed by atoms with van der Waals surface area (Å²) in [6, 6.07) is 0.624. The van der Waals surface area contributed by atoms with Crippen LogP contribution < -0.4 is 16.2 Å². The van der Waals surface area contributed by atoms with E-state index in [1.807, 2.05) is 0 Å². The van der Waals surface area contributed by atoms with Crippen molar-refractivity contribution in [2.24, 2.45) is 5.84 Å². The van der Waals surface area contributed by atoms with Crippen molar-refractivity contribution in [3.63, 3.8) is 0 Å². The molecule has 1 atom stereocenters. The molecule has 112 valence electrons. The molecule has 1 aromatic heterocycles. The molecule has 1 aliphatic rings. The van der Waals surface area contributed by atoms with Crippen LogP contribution in [-0.4, -0.2) is 47.1 Å². The molecule has 1 aliphatic heterocycles. The van der Waals surface area contributed by atoms with E-state index in [0.717, 1.165) is 49.8 Å². The maximum Gasteiger partial charge on any atom is 0.148 e. The van der Waals surface area contributed by atoms with E-state index in [4.69, 9.17) is 5.84 Å². The molecule has 2 rings (SSSR count). The summed E-state index contributed by atoms with van der Waals surface area (Å²) in [6.45, 7) is 10.9. The largest absolute Gasteiger partial charge is 0.355 e. The minimum Gasteiger partial charge on any atom is -0.355 e. The Labute approximate surface area is 121 Å². The fraction of sp³-hybridized carbons (Fsp3) is 0.714. The number of nitrogen functional groups attached to an aromatic ring is 1. The standard InChI is InChI=1S/C14H26N6/c1-4-12-13(18-15)16-10-17-14(12)20-8-7-11(9-20)19(5-2)6-3/h10-11H,4-9,15H2,1-3H3,(H,16,17,18). The number of nitrogens with two attached hydrogens (primary N) is 1. The second-order valence-corrected chi connectivity index (χ2v) is 5.13. The van der Waals surface area contributed by atoms with Crippen LogP contribution in [0.5, 0.6) is 0 Å². The number of aromatic nitrogens is 2. The fourth-order valence-corrected chi connectivity index (χ4v) is 3.10. The summed E-state index contributed by atoms with van der Waals surface area (Å²) < 4.78 is 0. The van der Waals surface area contributed by atoms with Gasteiger partial charge >= 0.3 is 0 Å². The van der Waals surface area contributed by atoms with Gasteiger partial charge in [0.25, 0.3) is 0 Å². The topological polar surface area (TPSA) is 70.3 Å². The highest BCUT2D eigenvalue weighted by Crippen LogP contribution is 2.27. The molecule has 3 N–H and O–H groups in total. The third-order valence-corrected chi connectivity index (χ3v) is 4.20. The van der Waals surface area contributed by atoms with E-state index in [9.17, 15) is 0 Å². The smallest absolute Gasteiger partial charge is 0.148 e. The highest BCUT2D eigenvalue weighted by molar-refractivity contribution is 5.58. The molecule has 6 nitrogen and oxygen atoms in total. The lowest BCUT2D eigenvalue weighted by molar-refractivity contribution is 0.232. The second-order valence-electron chi connectivity index (χ2n) is 5.13. The van der Waals surface area contributed by atoms with Crippen molar-refractivity contribution >= 4 is 11.6 Å². The zero-order chi connectivity index (χ0) is 14.5. The van der Waals surface area contributed by atoms with Gasteiger partial charge in [0.2, 0.25) is 0 Å². The molecule has 1 fully saturated rings. The van der Waals surface area contributed by atoms with Gasteiger partial charge in [-0.25, -0.2) is 15.8 Å². The van der Waals surface area contributed by atoms with Gasteiger partial charge in [-0.2, -0.15) is 0 Å². The van der Waals surface area contributed by atoms with Crippen molar-refractivity contribution < 1.29 is 0 Å². The molecule has 0 aromatic carbocycles. The summed E-state index contributed by atoms with van der Waals surface area (Å²) in [7, 11) is 0. The van der Waals surface area contributed by atoms with E-state index < -0.39 is 0 Å². The number of nitrogens with zero attached hydrogens (tertiary/aromatic N) is 4. The molecule has 2 heterocycles. The second kappa shape index (κ2) is 6.85. The van der Waals surface area contributed by atoms with E-state index in [1.165, 1.54) is 6.42 Å². The van der Waals surface area contributed by atoms with Crippen molar-refractivity contribution in [3.05, 3.63) is 11.9 Å². The Balaban J connectivity index is 2.17. The van der Waals surface area contributed by atoms with Crippen LogP contribution in [0.1, 0.15) is 32.8 Å². The minimum atomic E-state index is 0.624. The van der Waals surface area contributed by atoms with E-state index in [0.29, 0.717) is 6.04 Å². The lowest BCUT2D eigenvalue weighted by Gasteiger charge is -2.27. The molecular formula is C14H26N6. The summed E-state index contributed by atoms with van der Waals surface area (Å²) in [6.07, 6.45) is 3.66. The first kappa shape index (κ1) is 15.0. The first-order chi connectivity index (χ1) is 9.74. The molecule has 0 amide bonds. The van der Waals surface area contributed by atoms with Crippen molar-refractivity contribution in [2.75, 3.05) is 36.5 Å². The van der Waals surface area contributed by atoms with Gasteiger partial charge in [0.15, 0.2) is 0 Å². The van der Waals surface area contributed by atoms with Gasteiger partial charge in [-0.15, -0.1) is 0 Å². The van der Waals surface area contributed by atoms with Gasteiger partial charge < -0.3 is 10.3 Å². The Bertz CT molecular complexity index is 432. The number of anilines is 2. The highest BCUT2D eigenvalue weighted by Gasteiger charge is 2.28.